The van der Waals surface area contributed by atoms with Crippen LogP contribution in [0.5, 0.6) is 0 Å². The molecule has 0 amide bonds. The van der Waals surface area contributed by atoms with Crippen molar-refractivity contribution < 1.29 is 0 Å². The minimum absolute atomic E-state index is 0.248. The third-order valence-corrected chi connectivity index (χ3v) is 3.29. The van der Waals surface area contributed by atoms with Crippen LogP contribution in [0.4, 0.5) is 0 Å². The first-order valence-electron chi connectivity index (χ1n) is 5.58. The van der Waals surface area contributed by atoms with E-state index in [0.29, 0.717) is 0 Å². The lowest BCUT2D eigenvalue weighted by Crippen LogP contribution is -2.33. The van der Waals surface area contributed by atoms with Crippen LogP contribution in [0.15, 0.2) is 17.3 Å². The fourth-order valence-electron chi connectivity index (χ4n) is 1.86. The number of nitrogens with zero attached hydrogens (tertiary/aromatic N) is 4. The molecule has 5 nitrogen and oxygen atoms in total. The van der Waals surface area contributed by atoms with Crippen LogP contribution < -0.4 is 5.32 Å². The zero-order valence-electron chi connectivity index (χ0n) is 10.4. The molecule has 1 aliphatic rings. The van der Waals surface area contributed by atoms with Crippen molar-refractivity contribution >= 4 is 16.8 Å². The Balaban J connectivity index is 2.43. The van der Waals surface area contributed by atoms with E-state index >= 15 is 0 Å². The molecule has 0 fully saturated rings. The summed E-state index contributed by atoms with van der Waals surface area (Å²) in [5.41, 5.74) is 0.786. The van der Waals surface area contributed by atoms with Crippen LogP contribution in [0.2, 0.25) is 0 Å². The van der Waals surface area contributed by atoms with Crippen LogP contribution in [0, 0.1) is 0 Å². The second-order valence-corrected chi connectivity index (χ2v) is 4.86. The lowest BCUT2D eigenvalue weighted by molar-refractivity contribution is 0.436. The highest BCUT2D eigenvalue weighted by molar-refractivity contribution is 8.13. The number of fused-ring (bicyclic) bond motifs is 1. The van der Waals surface area contributed by atoms with Crippen molar-refractivity contribution in [1.29, 1.82) is 0 Å². The molecule has 6 heteroatoms. The molecule has 2 rings (SSSR count). The van der Waals surface area contributed by atoms with Gasteiger partial charge >= 0.3 is 0 Å². The van der Waals surface area contributed by atoms with Gasteiger partial charge in [0, 0.05) is 18.8 Å². The molecular formula is C11H17N5S. The van der Waals surface area contributed by atoms with Crippen LogP contribution in [0.25, 0.3) is 0 Å². The molecule has 1 atom stereocenters. The first-order valence-corrected chi connectivity index (χ1v) is 6.81. The number of nitrogens with one attached hydrogen (secondary N) is 1. The van der Waals surface area contributed by atoms with Crippen LogP contribution in [-0.2, 0) is 6.54 Å². The molecule has 2 heterocycles. The van der Waals surface area contributed by atoms with Gasteiger partial charge in [-0.05, 0) is 20.1 Å². The second kappa shape index (κ2) is 5.01. The predicted molar refractivity (Wildman–Crippen MR) is 71.3 cm³/mol. The van der Waals surface area contributed by atoms with Gasteiger partial charge in [0.25, 0.3) is 0 Å². The van der Waals surface area contributed by atoms with E-state index < -0.39 is 0 Å². The minimum Gasteiger partial charge on any atom is -0.307 e. The van der Waals surface area contributed by atoms with Crippen molar-refractivity contribution in [3.63, 3.8) is 0 Å². The molecule has 0 aromatic carbocycles. The first-order chi connectivity index (χ1) is 8.13. The van der Waals surface area contributed by atoms with Gasteiger partial charge in [0.2, 0.25) is 0 Å². The van der Waals surface area contributed by atoms with E-state index in [9.17, 15) is 0 Å². The fourth-order valence-corrected chi connectivity index (χ4v) is 2.44. The zero-order chi connectivity index (χ0) is 12.4. The highest BCUT2D eigenvalue weighted by Gasteiger charge is 2.23. The van der Waals surface area contributed by atoms with Gasteiger partial charge in [-0.2, -0.15) is 0 Å². The predicted octanol–water partition coefficient (Wildman–Crippen LogP) is 1.59. The summed E-state index contributed by atoms with van der Waals surface area (Å²) in [6.07, 6.45) is 1.99. The summed E-state index contributed by atoms with van der Waals surface area (Å²) in [6, 6.07) is 0.248. The molecule has 1 aliphatic heterocycles. The summed E-state index contributed by atoms with van der Waals surface area (Å²) in [5, 5.41) is 12.7. The maximum absolute atomic E-state index is 4.41. The lowest BCUT2D eigenvalue weighted by atomic mass is 10.2. The first kappa shape index (κ1) is 12.3. The van der Waals surface area contributed by atoms with Gasteiger partial charge < -0.3 is 9.88 Å². The molecular weight excluding hydrogens is 234 g/mol. The third kappa shape index (κ3) is 2.42. The number of hydrogen-bond acceptors (Lipinski definition) is 5. The lowest BCUT2D eigenvalue weighted by Gasteiger charge is -2.21. The van der Waals surface area contributed by atoms with E-state index in [-0.39, 0.29) is 6.04 Å². The highest BCUT2D eigenvalue weighted by Crippen LogP contribution is 2.19. The van der Waals surface area contributed by atoms with Crippen LogP contribution >= 0.6 is 11.8 Å². The molecule has 92 valence electrons. The molecule has 1 aromatic rings. The standard InChI is InChI=1S/C11H17N5S/c1-7(2)13-11(17-4)10-15-14-9-8(3)12-5-6-16(9)10/h8,12H,1,5-6H2,2-4H3/t8-/m1/s1. The summed E-state index contributed by atoms with van der Waals surface area (Å²) in [6.45, 7) is 9.61. The monoisotopic (exact) mass is 251 g/mol. The smallest absolute Gasteiger partial charge is 0.189 e. The number of aliphatic imine (C=N–C) groups is 1. The van der Waals surface area contributed by atoms with Crippen LogP contribution in [0.1, 0.15) is 31.5 Å². The number of aromatic nitrogens is 3. The normalized spacial score (nSPS) is 20.2. The van der Waals surface area contributed by atoms with E-state index in [2.05, 4.69) is 38.6 Å². The number of hydrogen-bond donors (Lipinski definition) is 1. The quantitative estimate of drug-likeness (QED) is 0.640. The Bertz CT molecular complexity index is 462. The van der Waals surface area contributed by atoms with Crippen molar-refractivity contribution in [1.82, 2.24) is 20.1 Å². The Morgan fingerprint density at radius 2 is 2.35 bits per heavy atom. The molecule has 0 aliphatic carbocycles. The Morgan fingerprint density at radius 1 is 1.59 bits per heavy atom. The average molecular weight is 251 g/mol. The van der Waals surface area contributed by atoms with Gasteiger partial charge in [0.05, 0.1) is 6.04 Å². The number of rotatable bonds is 2. The summed E-state index contributed by atoms with van der Waals surface area (Å²) in [7, 11) is 0. The van der Waals surface area contributed by atoms with Crippen molar-refractivity contribution in [3.8, 4) is 0 Å². The van der Waals surface area contributed by atoms with E-state index in [0.717, 1.165) is 35.5 Å². The molecule has 17 heavy (non-hydrogen) atoms. The Labute approximate surface area is 105 Å². The maximum Gasteiger partial charge on any atom is 0.189 e. The van der Waals surface area contributed by atoms with Gasteiger partial charge in [0.1, 0.15) is 10.9 Å². The molecule has 0 radical (unpaired) electrons. The van der Waals surface area contributed by atoms with Crippen molar-refractivity contribution in [2.75, 3.05) is 12.8 Å². The largest absolute Gasteiger partial charge is 0.307 e. The van der Waals surface area contributed by atoms with Gasteiger partial charge in [-0.3, -0.25) is 0 Å². The zero-order valence-corrected chi connectivity index (χ0v) is 11.2. The summed E-state index contributed by atoms with van der Waals surface area (Å²) in [4.78, 5) is 4.41. The van der Waals surface area contributed by atoms with E-state index in [1.807, 2.05) is 13.2 Å². The Morgan fingerprint density at radius 3 is 3.00 bits per heavy atom. The van der Waals surface area contributed by atoms with Crippen LogP contribution in [0.3, 0.4) is 0 Å². The SMILES string of the molecule is C=C(C)N=C(SC)c1nnc2n1CCN[C@@H]2C. The van der Waals surface area contributed by atoms with Gasteiger partial charge in [-0.25, -0.2) is 4.99 Å². The average Bonchev–Trinajstić information content (AvgIpc) is 2.71. The van der Waals surface area contributed by atoms with Gasteiger partial charge in [-0.15, -0.1) is 22.0 Å². The molecule has 1 aromatic heterocycles. The fraction of sp³-hybridized carbons (Fsp3) is 0.545. The topological polar surface area (TPSA) is 55.1 Å². The van der Waals surface area contributed by atoms with Crippen molar-refractivity contribution in [2.24, 2.45) is 4.99 Å². The summed E-state index contributed by atoms with van der Waals surface area (Å²) >= 11 is 1.58. The molecule has 0 unspecified atom stereocenters. The molecule has 1 N–H and O–H groups in total. The summed E-state index contributed by atoms with van der Waals surface area (Å²) in [5.74, 6) is 1.83. The van der Waals surface area contributed by atoms with E-state index in [4.69, 9.17) is 0 Å². The second-order valence-electron chi connectivity index (χ2n) is 4.07. The minimum atomic E-state index is 0.248. The molecule has 0 bridgehead atoms. The Hall–Kier alpha value is -1.14. The Kier molecular flexibility index (Phi) is 3.63. The molecule has 0 spiro atoms. The maximum atomic E-state index is 4.41. The van der Waals surface area contributed by atoms with Crippen molar-refractivity contribution in [2.45, 2.75) is 26.4 Å². The number of thioether (sulfide) groups is 1. The van der Waals surface area contributed by atoms with E-state index in [1.165, 1.54) is 0 Å². The van der Waals surface area contributed by atoms with E-state index in [1.54, 1.807) is 11.8 Å². The number of allylic oxidation sites excluding steroid dienone is 1. The van der Waals surface area contributed by atoms with Crippen LogP contribution in [-0.4, -0.2) is 32.6 Å². The van der Waals surface area contributed by atoms with Gasteiger partial charge in [0.15, 0.2) is 5.82 Å². The molecule has 0 saturated carbocycles. The highest BCUT2D eigenvalue weighted by atomic mass is 32.2. The summed E-state index contributed by atoms with van der Waals surface area (Å²) < 4.78 is 2.14. The third-order valence-electron chi connectivity index (χ3n) is 2.63. The van der Waals surface area contributed by atoms with Crippen molar-refractivity contribution in [3.05, 3.63) is 23.9 Å². The molecule has 0 saturated heterocycles. The van der Waals surface area contributed by atoms with Gasteiger partial charge in [-0.1, -0.05) is 6.58 Å².